The van der Waals surface area contributed by atoms with E-state index in [1.54, 1.807) is 18.2 Å². The van der Waals surface area contributed by atoms with Gasteiger partial charge in [0.05, 0.1) is 5.56 Å². The molecule has 0 saturated heterocycles. The van der Waals surface area contributed by atoms with Gasteiger partial charge in [-0.05, 0) is 37.3 Å². The van der Waals surface area contributed by atoms with E-state index in [9.17, 15) is 14.0 Å². The lowest BCUT2D eigenvalue weighted by molar-refractivity contribution is -0.0494. The Morgan fingerprint density at radius 2 is 1.96 bits per heavy atom. The summed E-state index contributed by atoms with van der Waals surface area (Å²) in [6, 6.07) is 8.66. The fourth-order valence-electron chi connectivity index (χ4n) is 3.06. The molecule has 0 spiro atoms. The number of halogens is 2. The molecule has 3 nitrogen and oxygen atoms in total. The summed E-state index contributed by atoms with van der Waals surface area (Å²) >= 11 is 5.29. The monoisotopic (exact) mass is 332 g/mol. The van der Waals surface area contributed by atoms with E-state index in [1.165, 1.54) is 6.07 Å². The molecule has 1 heterocycles. The van der Waals surface area contributed by atoms with E-state index in [0.29, 0.717) is 21.3 Å². The number of aryl methyl sites for hydroxylation is 1. The Kier molecular flexibility index (Phi) is 4.39. The van der Waals surface area contributed by atoms with E-state index in [4.69, 9.17) is 12.2 Å². The summed E-state index contributed by atoms with van der Waals surface area (Å²) in [7, 11) is 0. The van der Waals surface area contributed by atoms with Crippen LogP contribution in [0.5, 0.6) is 5.75 Å². The molecule has 1 N–H and O–H groups in total. The van der Waals surface area contributed by atoms with Crippen LogP contribution in [-0.4, -0.2) is 11.6 Å². The maximum absolute atomic E-state index is 12.7. The van der Waals surface area contributed by atoms with E-state index < -0.39 is 6.61 Å². The van der Waals surface area contributed by atoms with Crippen LogP contribution in [0.15, 0.2) is 24.3 Å². The van der Waals surface area contributed by atoms with Crippen molar-refractivity contribution in [3.8, 4) is 22.9 Å². The number of hydrogen-bond acceptors (Lipinski definition) is 3. The highest BCUT2D eigenvalue weighted by atomic mass is 32.1. The Morgan fingerprint density at radius 1 is 1.22 bits per heavy atom. The highest BCUT2D eigenvalue weighted by Gasteiger charge is 2.22. The van der Waals surface area contributed by atoms with Crippen molar-refractivity contribution in [2.45, 2.75) is 32.3 Å². The number of alkyl halides is 2. The number of H-pyrrole nitrogens is 1. The fraction of sp³-hybridized carbons (Fsp3) is 0.294. The van der Waals surface area contributed by atoms with Crippen molar-refractivity contribution in [1.82, 2.24) is 4.98 Å². The molecule has 0 aliphatic heterocycles. The van der Waals surface area contributed by atoms with Gasteiger partial charge in [0.1, 0.15) is 16.5 Å². The number of rotatable bonds is 3. The second-order valence-electron chi connectivity index (χ2n) is 5.35. The fourth-order valence-corrected chi connectivity index (χ4v) is 3.33. The summed E-state index contributed by atoms with van der Waals surface area (Å²) in [5, 5.41) is 9.51. The normalized spacial score (nSPS) is 13.5. The maximum atomic E-state index is 12.7. The second kappa shape index (κ2) is 6.47. The van der Waals surface area contributed by atoms with Gasteiger partial charge in [0.15, 0.2) is 0 Å². The first kappa shape index (κ1) is 15.6. The van der Waals surface area contributed by atoms with Crippen molar-refractivity contribution in [2.24, 2.45) is 0 Å². The number of fused-ring (bicyclic) bond motifs is 1. The van der Waals surface area contributed by atoms with Gasteiger partial charge >= 0.3 is 6.61 Å². The number of ether oxygens (including phenoxy) is 1. The van der Waals surface area contributed by atoms with Crippen LogP contribution >= 0.6 is 12.2 Å². The zero-order valence-electron chi connectivity index (χ0n) is 12.2. The minimum Gasteiger partial charge on any atom is -0.434 e. The van der Waals surface area contributed by atoms with Crippen LogP contribution < -0.4 is 4.74 Å². The maximum Gasteiger partial charge on any atom is 0.387 e. The summed E-state index contributed by atoms with van der Waals surface area (Å²) in [6.45, 7) is -2.92. The molecule has 0 atom stereocenters. The van der Waals surface area contributed by atoms with Crippen molar-refractivity contribution in [2.75, 3.05) is 0 Å². The first-order valence-corrected chi connectivity index (χ1v) is 7.75. The van der Waals surface area contributed by atoms with Gasteiger partial charge in [0.2, 0.25) is 0 Å². The van der Waals surface area contributed by atoms with Gasteiger partial charge in [0, 0.05) is 16.8 Å². The Bertz CT molecular complexity index is 839. The van der Waals surface area contributed by atoms with Gasteiger partial charge < -0.3 is 9.72 Å². The molecule has 0 saturated carbocycles. The molecule has 0 amide bonds. The first-order chi connectivity index (χ1) is 11.1. The van der Waals surface area contributed by atoms with E-state index in [0.717, 1.165) is 36.9 Å². The molecule has 118 valence electrons. The number of pyridine rings is 1. The molecule has 0 bridgehead atoms. The summed E-state index contributed by atoms with van der Waals surface area (Å²) in [5.74, 6) is 0.0624. The number of benzene rings is 1. The standard InChI is InChI=1S/C17H14F2N2OS/c18-17(19)22-14-8-4-2-6-11(14)15-10-5-1-3-7-13(10)21-16(23)12(15)9-20/h2,4,6,8,17H,1,3,5,7H2,(H,21,23). The van der Waals surface area contributed by atoms with E-state index in [1.807, 2.05) is 0 Å². The third-order valence-corrected chi connectivity index (χ3v) is 4.30. The van der Waals surface area contributed by atoms with Crippen LogP contribution in [0.3, 0.4) is 0 Å². The number of nitriles is 1. The number of aromatic nitrogens is 1. The first-order valence-electron chi connectivity index (χ1n) is 7.34. The molecule has 0 unspecified atom stereocenters. The molecular weight excluding hydrogens is 318 g/mol. The second-order valence-corrected chi connectivity index (χ2v) is 5.76. The summed E-state index contributed by atoms with van der Waals surface area (Å²) in [4.78, 5) is 3.12. The topological polar surface area (TPSA) is 48.8 Å². The third-order valence-electron chi connectivity index (χ3n) is 4.00. The van der Waals surface area contributed by atoms with Crippen LogP contribution in [0.2, 0.25) is 0 Å². The average Bonchev–Trinajstić information content (AvgIpc) is 2.53. The minimum absolute atomic E-state index is 0.0624. The van der Waals surface area contributed by atoms with Gasteiger partial charge in [-0.3, -0.25) is 0 Å². The van der Waals surface area contributed by atoms with E-state index in [2.05, 4.69) is 15.8 Å². The summed E-state index contributed by atoms with van der Waals surface area (Å²) < 4.78 is 30.4. The molecule has 3 rings (SSSR count). The van der Waals surface area contributed by atoms with Crippen LogP contribution in [0, 0.1) is 16.0 Å². The van der Waals surface area contributed by atoms with Gasteiger partial charge in [-0.2, -0.15) is 14.0 Å². The van der Waals surface area contributed by atoms with Gasteiger partial charge in [-0.15, -0.1) is 0 Å². The average molecular weight is 332 g/mol. The quantitative estimate of drug-likeness (QED) is 0.824. The Balaban J connectivity index is 2.30. The highest BCUT2D eigenvalue weighted by molar-refractivity contribution is 7.71. The molecule has 1 aliphatic carbocycles. The lowest BCUT2D eigenvalue weighted by Gasteiger charge is -2.22. The number of nitrogens with zero attached hydrogens (tertiary/aromatic N) is 1. The molecule has 1 aliphatic rings. The van der Waals surface area contributed by atoms with Gasteiger partial charge in [-0.25, -0.2) is 0 Å². The molecule has 1 aromatic heterocycles. The summed E-state index contributed by atoms with van der Waals surface area (Å²) in [6.07, 6.45) is 3.66. The van der Waals surface area contributed by atoms with Gasteiger partial charge in [-0.1, -0.05) is 30.4 Å². The van der Waals surface area contributed by atoms with Crippen LogP contribution in [0.1, 0.15) is 29.7 Å². The molecule has 23 heavy (non-hydrogen) atoms. The summed E-state index contributed by atoms with van der Waals surface area (Å²) in [5.41, 5.74) is 3.39. The van der Waals surface area contributed by atoms with Crippen molar-refractivity contribution >= 4 is 12.2 Å². The number of aromatic amines is 1. The number of para-hydroxylation sites is 1. The zero-order valence-corrected chi connectivity index (χ0v) is 13.1. The van der Waals surface area contributed by atoms with Crippen LogP contribution in [0.4, 0.5) is 8.78 Å². The Labute approximate surface area is 137 Å². The highest BCUT2D eigenvalue weighted by Crippen LogP contribution is 2.39. The van der Waals surface area contributed by atoms with E-state index >= 15 is 0 Å². The van der Waals surface area contributed by atoms with Crippen LogP contribution in [0.25, 0.3) is 11.1 Å². The molecule has 0 radical (unpaired) electrons. The molecule has 6 heteroatoms. The van der Waals surface area contributed by atoms with Crippen molar-refractivity contribution in [1.29, 1.82) is 5.26 Å². The van der Waals surface area contributed by atoms with Crippen molar-refractivity contribution < 1.29 is 13.5 Å². The SMILES string of the molecule is N#Cc1c(-c2ccccc2OC(F)F)c2c([nH]c1=S)CCCC2. The Morgan fingerprint density at radius 3 is 2.70 bits per heavy atom. The predicted molar refractivity (Wildman–Crippen MR) is 85.1 cm³/mol. The van der Waals surface area contributed by atoms with Crippen LogP contribution in [-0.2, 0) is 12.8 Å². The van der Waals surface area contributed by atoms with E-state index in [-0.39, 0.29) is 5.75 Å². The smallest absolute Gasteiger partial charge is 0.387 e. The van der Waals surface area contributed by atoms with Gasteiger partial charge in [0.25, 0.3) is 0 Å². The zero-order chi connectivity index (χ0) is 16.4. The lowest BCUT2D eigenvalue weighted by Crippen LogP contribution is -2.10. The molecule has 2 aromatic rings. The number of hydrogen-bond donors (Lipinski definition) is 1. The molecule has 0 fully saturated rings. The van der Waals surface area contributed by atoms with Crippen molar-refractivity contribution in [3.63, 3.8) is 0 Å². The predicted octanol–water partition coefficient (Wildman–Crippen LogP) is 4.76. The molecular formula is C17H14F2N2OS. The Hall–Kier alpha value is -2.26. The lowest BCUT2D eigenvalue weighted by atomic mass is 9.87. The molecule has 1 aromatic carbocycles. The third kappa shape index (κ3) is 2.97. The number of nitrogens with one attached hydrogen (secondary N) is 1. The minimum atomic E-state index is -2.92. The van der Waals surface area contributed by atoms with Crippen molar-refractivity contribution in [3.05, 3.63) is 45.7 Å². The largest absolute Gasteiger partial charge is 0.434 e.